The maximum Gasteiger partial charge on any atom is 0.321 e. The van der Waals surface area contributed by atoms with E-state index in [1.807, 2.05) is 29.2 Å². The third-order valence-electron chi connectivity index (χ3n) is 6.39. The number of carbonyl (C=O) groups excluding carboxylic acids is 2. The summed E-state index contributed by atoms with van der Waals surface area (Å²) < 4.78 is 21.4. The van der Waals surface area contributed by atoms with Crippen LogP contribution >= 0.6 is 0 Å². The molecule has 1 fully saturated rings. The number of ether oxygens (including phenoxy) is 4. The zero-order chi connectivity index (χ0) is 25.7. The highest BCUT2D eigenvalue weighted by Gasteiger charge is 2.43. The van der Waals surface area contributed by atoms with Gasteiger partial charge in [-0.25, -0.2) is 4.99 Å². The largest absolute Gasteiger partial charge is 0.497 e. The molecule has 0 bridgehead atoms. The number of nitrogens with one attached hydrogen (secondary N) is 1. The molecule has 0 radical (unpaired) electrons. The lowest BCUT2D eigenvalue weighted by Gasteiger charge is -2.39. The van der Waals surface area contributed by atoms with Crippen molar-refractivity contribution in [3.05, 3.63) is 48.0 Å². The van der Waals surface area contributed by atoms with Crippen molar-refractivity contribution in [2.75, 3.05) is 59.0 Å². The van der Waals surface area contributed by atoms with Gasteiger partial charge in [0.25, 0.3) is 0 Å². The molecule has 10 nitrogen and oxygen atoms in total. The number of aliphatic imine (C=N–C) groups is 1. The number of esters is 1. The van der Waals surface area contributed by atoms with Crippen LogP contribution in [0.15, 0.2) is 47.5 Å². The first-order valence-corrected chi connectivity index (χ1v) is 11.9. The highest BCUT2D eigenvalue weighted by atomic mass is 16.5. The van der Waals surface area contributed by atoms with Crippen LogP contribution in [0.4, 0.5) is 5.69 Å². The Balaban J connectivity index is 1.61. The topological polar surface area (TPSA) is 102 Å². The molecule has 36 heavy (non-hydrogen) atoms. The fourth-order valence-corrected chi connectivity index (χ4v) is 4.49. The molecule has 0 saturated carbocycles. The molecule has 2 atom stereocenters. The predicted molar refractivity (Wildman–Crippen MR) is 135 cm³/mol. The van der Waals surface area contributed by atoms with Gasteiger partial charge in [-0.1, -0.05) is 6.07 Å². The molecule has 2 aromatic rings. The Bertz CT molecular complexity index is 1130. The van der Waals surface area contributed by atoms with E-state index in [2.05, 4.69) is 10.2 Å². The molecule has 2 aromatic carbocycles. The number of hydrogen-bond donors (Lipinski definition) is 1. The minimum atomic E-state index is -1.13. The smallest absolute Gasteiger partial charge is 0.321 e. The van der Waals surface area contributed by atoms with Gasteiger partial charge in [-0.2, -0.15) is 0 Å². The average molecular weight is 497 g/mol. The first-order valence-electron chi connectivity index (χ1n) is 11.9. The summed E-state index contributed by atoms with van der Waals surface area (Å²) in [6.07, 6.45) is 0. The van der Waals surface area contributed by atoms with E-state index in [9.17, 15) is 9.59 Å². The standard InChI is InChI=1S/C26H32N4O6/c1-5-36-25(32)22-23(20-10-9-19(34-3)16-21(20)35-4)27-26(28-24(22)31)30-13-11-29(12-14-30)17-7-6-8-18(15-17)33-2/h6-10,15-16,22-23H,5,11-14H2,1-4H3,(H,27,28,31)/t22-,23-/m0/s1. The molecule has 1 saturated heterocycles. The van der Waals surface area contributed by atoms with E-state index in [-0.39, 0.29) is 6.61 Å². The van der Waals surface area contributed by atoms with Gasteiger partial charge in [0, 0.05) is 49.6 Å². The van der Waals surface area contributed by atoms with Crippen molar-refractivity contribution in [2.24, 2.45) is 10.9 Å². The first kappa shape index (κ1) is 25.2. The monoisotopic (exact) mass is 496 g/mol. The number of piperazine rings is 1. The van der Waals surface area contributed by atoms with Crippen molar-refractivity contribution in [3.8, 4) is 17.2 Å². The Morgan fingerprint density at radius 3 is 2.33 bits per heavy atom. The van der Waals surface area contributed by atoms with Crippen LogP contribution in [0.5, 0.6) is 17.2 Å². The van der Waals surface area contributed by atoms with Crippen LogP contribution in [0.2, 0.25) is 0 Å². The molecule has 0 aromatic heterocycles. The quantitative estimate of drug-likeness (QED) is 0.460. The lowest BCUT2D eigenvalue weighted by Crippen LogP contribution is -2.57. The van der Waals surface area contributed by atoms with Crippen LogP contribution in [0.1, 0.15) is 18.5 Å². The molecule has 192 valence electrons. The number of benzene rings is 2. The second-order valence-electron chi connectivity index (χ2n) is 8.40. The zero-order valence-corrected chi connectivity index (χ0v) is 21.0. The van der Waals surface area contributed by atoms with E-state index in [4.69, 9.17) is 23.9 Å². The van der Waals surface area contributed by atoms with E-state index in [0.717, 1.165) is 24.5 Å². The molecule has 1 amide bonds. The van der Waals surface area contributed by atoms with Gasteiger partial charge >= 0.3 is 5.97 Å². The van der Waals surface area contributed by atoms with Gasteiger partial charge in [-0.05, 0) is 31.2 Å². The Kier molecular flexibility index (Phi) is 7.82. The molecule has 4 rings (SSSR count). The fourth-order valence-electron chi connectivity index (χ4n) is 4.49. The van der Waals surface area contributed by atoms with Crippen molar-refractivity contribution in [1.29, 1.82) is 0 Å². The number of amides is 1. The number of hydrogen-bond acceptors (Lipinski definition) is 9. The highest BCUT2D eigenvalue weighted by molar-refractivity contribution is 6.08. The Morgan fingerprint density at radius 1 is 0.972 bits per heavy atom. The summed E-state index contributed by atoms with van der Waals surface area (Å²) in [5.41, 5.74) is 1.69. The minimum absolute atomic E-state index is 0.165. The van der Waals surface area contributed by atoms with Crippen LogP contribution in [-0.4, -0.2) is 76.9 Å². The van der Waals surface area contributed by atoms with Gasteiger partial charge < -0.3 is 28.7 Å². The molecule has 1 N–H and O–H groups in total. The second-order valence-corrected chi connectivity index (χ2v) is 8.40. The number of carbonyl (C=O) groups is 2. The lowest BCUT2D eigenvalue weighted by molar-refractivity contribution is -0.153. The van der Waals surface area contributed by atoms with Crippen LogP contribution in [0, 0.1) is 5.92 Å². The summed E-state index contributed by atoms with van der Waals surface area (Å²) in [7, 11) is 4.74. The van der Waals surface area contributed by atoms with Gasteiger partial charge in [0.1, 0.15) is 23.3 Å². The van der Waals surface area contributed by atoms with E-state index in [0.29, 0.717) is 36.1 Å². The Hall–Kier alpha value is -3.95. The molecule has 0 spiro atoms. The van der Waals surface area contributed by atoms with Gasteiger partial charge in [0.2, 0.25) is 11.9 Å². The normalized spacial score (nSPS) is 19.8. The maximum absolute atomic E-state index is 13.2. The van der Waals surface area contributed by atoms with Crippen molar-refractivity contribution in [3.63, 3.8) is 0 Å². The maximum atomic E-state index is 13.2. The van der Waals surface area contributed by atoms with E-state index in [1.54, 1.807) is 39.3 Å². The van der Waals surface area contributed by atoms with Gasteiger partial charge in [-0.15, -0.1) is 0 Å². The molecular weight excluding hydrogens is 464 g/mol. The molecule has 0 unspecified atom stereocenters. The molecule has 2 aliphatic rings. The number of methoxy groups -OCH3 is 3. The minimum Gasteiger partial charge on any atom is -0.497 e. The summed E-state index contributed by atoms with van der Waals surface area (Å²) >= 11 is 0. The third-order valence-corrected chi connectivity index (χ3v) is 6.39. The van der Waals surface area contributed by atoms with Crippen LogP contribution in [0.25, 0.3) is 0 Å². The van der Waals surface area contributed by atoms with Gasteiger partial charge in [0.05, 0.1) is 27.9 Å². The van der Waals surface area contributed by atoms with Crippen molar-refractivity contribution < 1.29 is 28.5 Å². The molecular formula is C26H32N4O6. The average Bonchev–Trinajstić information content (AvgIpc) is 2.92. The summed E-state index contributed by atoms with van der Waals surface area (Å²) in [5, 5.41) is 2.84. The summed E-state index contributed by atoms with van der Waals surface area (Å²) in [6, 6.07) is 12.4. The van der Waals surface area contributed by atoms with Gasteiger partial charge in [0.15, 0.2) is 5.92 Å². The number of rotatable bonds is 7. The first-order chi connectivity index (χ1) is 17.5. The van der Waals surface area contributed by atoms with E-state index >= 15 is 0 Å². The van der Waals surface area contributed by atoms with Gasteiger partial charge in [-0.3, -0.25) is 14.9 Å². The lowest BCUT2D eigenvalue weighted by atomic mass is 9.90. The number of anilines is 1. The number of guanidine groups is 1. The van der Waals surface area contributed by atoms with E-state index in [1.165, 1.54) is 7.11 Å². The van der Waals surface area contributed by atoms with Crippen molar-refractivity contribution in [1.82, 2.24) is 10.2 Å². The molecule has 2 heterocycles. The van der Waals surface area contributed by atoms with Crippen LogP contribution in [0.3, 0.4) is 0 Å². The SMILES string of the molecule is CCOC(=O)[C@@H]1C(=O)NC(N2CCN(c3cccc(OC)c3)CC2)=N[C@H]1c1ccc(OC)cc1OC. The molecule has 0 aliphatic carbocycles. The number of nitrogens with zero attached hydrogens (tertiary/aromatic N) is 3. The summed E-state index contributed by atoms with van der Waals surface area (Å²) in [6.45, 7) is 4.63. The van der Waals surface area contributed by atoms with Crippen LogP contribution < -0.4 is 24.4 Å². The Labute approximate surface area is 210 Å². The second kappa shape index (κ2) is 11.2. The summed E-state index contributed by atoms with van der Waals surface area (Å²) in [5.74, 6) is 0.124. The third kappa shape index (κ3) is 5.17. The predicted octanol–water partition coefficient (Wildman–Crippen LogP) is 2.24. The summed E-state index contributed by atoms with van der Waals surface area (Å²) in [4.78, 5) is 35.2. The molecule has 10 heteroatoms. The Morgan fingerprint density at radius 2 is 1.67 bits per heavy atom. The van der Waals surface area contributed by atoms with Crippen molar-refractivity contribution >= 4 is 23.5 Å². The highest BCUT2D eigenvalue weighted by Crippen LogP contribution is 2.38. The zero-order valence-electron chi connectivity index (χ0n) is 21.0. The molecule has 2 aliphatic heterocycles. The van der Waals surface area contributed by atoms with Crippen molar-refractivity contribution in [2.45, 2.75) is 13.0 Å². The fraction of sp³-hybridized carbons (Fsp3) is 0.423. The van der Waals surface area contributed by atoms with E-state index < -0.39 is 23.8 Å². The van der Waals surface area contributed by atoms with Crippen LogP contribution in [-0.2, 0) is 14.3 Å².